The Kier molecular flexibility index (Phi) is 5.26. The van der Waals surface area contributed by atoms with Gasteiger partial charge in [0.1, 0.15) is 0 Å². The third-order valence-corrected chi connectivity index (χ3v) is 2.67. The molecule has 16 heavy (non-hydrogen) atoms. The van der Waals surface area contributed by atoms with Crippen molar-refractivity contribution in [1.82, 2.24) is 4.90 Å². The molecular formula is C13H20ClNO. The monoisotopic (exact) mass is 241 g/mol. The van der Waals surface area contributed by atoms with E-state index in [1.807, 2.05) is 31.3 Å². The number of likely N-dealkylation sites (N-methyl/N-ethyl adjacent to an activating group) is 1. The summed E-state index contributed by atoms with van der Waals surface area (Å²) < 4.78 is 0. The summed E-state index contributed by atoms with van der Waals surface area (Å²) in [4.78, 5) is 2.14. The standard InChI is InChI=1S/C13H20ClNO/c1-10(2)8-15(3)9-13(16)11-4-6-12(14)7-5-11/h4-7,10,13,16H,8-9H2,1-3H3. The summed E-state index contributed by atoms with van der Waals surface area (Å²) in [5.74, 6) is 0.613. The van der Waals surface area contributed by atoms with Gasteiger partial charge in [0.15, 0.2) is 0 Å². The molecule has 0 aliphatic rings. The molecule has 0 saturated carbocycles. The van der Waals surface area contributed by atoms with Crippen molar-refractivity contribution >= 4 is 11.6 Å². The Bertz CT molecular complexity index is 310. The van der Waals surface area contributed by atoms with Crippen LogP contribution in [0.2, 0.25) is 5.02 Å². The number of aliphatic hydroxyl groups excluding tert-OH is 1. The van der Waals surface area contributed by atoms with E-state index in [4.69, 9.17) is 11.6 Å². The van der Waals surface area contributed by atoms with Crippen molar-refractivity contribution in [3.63, 3.8) is 0 Å². The van der Waals surface area contributed by atoms with E-state index >= 15 is 0 Å². The van der Waals surface area contributed by atoms with Crippen LogP contribution in [0, 0.1) is 5.92 Å². The van der Waals surface area contributed by atoms with Crippen molar-refractivity contribution in [2.75, 3.05) is 20.1 Å². The molecule has 1 unspecified atom stereocenters. The molecule has 1 N–H and O–H groups in total. The lowest BCUT2D eigenvalue weighted by atomic mass is 10.1. The predicted octanol–water partition coefficient (Wildman–Crippen LogP) is 2.96. The minimum absolute atomic E-state index is 0.444. The first-order valence-corrected chi connectivity index (χ1v) is 5.99. The highest BCUT2D eigenvalue weighted by molar-refractivity contribution is 6.30. The lowest BCUT2D eigenvalue weighted by Gasteiger charge is -2.22. The molecule has 1 aromatic carbocycles. The third-order valence-electron chi connectivity index (χ3n) is 2.42. The van der Waals surface area contributed by atoms with Gasteiger partial charge in [0, 0.05) is 18.1 Å². The first-order valence-electron chi connectivity index (χ1n) is 5.61. The smallest absolute Gasteiger partial charge is 0.0916 e. The number of aliphatic hydroxyl groups is 1. The second-order valence-corrected chi connectivity index (χ2v) is 5.12. The Morgan fingerprint density at radius 2 is 1.75 bits per heavy atom. The topological polar surface area (TPSA) is 23.5 Å². The molecule has 0 radical (unpaired) electrons. The lowest BCUT2D eigenvalue weighted by molar-refractivity contribution is 0.121. The molecule has 0 fully saturated rings. The van der Waals surface area contributed by atoms with Gasteiger partial charge in [-0.2, -0.15) is 0 Å². The number of hydrogen-bond acceptors (Lipinski definition) is 2. The SMILES string of the molecule is CC(C)CN(C)CC(O)c1ccc(Cl)cc1. The molecule has 0 heterocycles. The van der Waals surface area contributed by atoms with Gasteiger partial charge in [-0.25, -0.2) is 0 Å². The van der Waals surface area contributed by atoms with Crippen molar-refractivity contribution in [2.45, 2.75) is 20.0 Å². The summed E-state index contributed by atoms with van der Waals surface area (Å²) in [6, 6.07) is 7.36. The van der Waals surface area contributed by atoms with Crippen LogP contribution in [-0.4, -0.2) is 30.1 Å². The van der Waals surface area contributed by atoms with Crippen LogP contribution in [0.1, 0.15) is 25.5 Å². The Hall–Kier alpha value is -0.570. The number of nitrogens with zero attached hydrogens (tertiary/aromatic N) is 1. The van der Waals surface area contributed by atoms with E-state index in [0.29, 0.717) is 17.5 Å². The summed E-state index contributed by atoms with van der Waals surface area (Å²) >= 11 is 5.80. The van der Waals surface area contributed by atoms with Crippen LogP contribution in [0.3, 0.4) is 0 Å². The van der Waals surface area contributed by atoms with Gasteiger partial charge in [-0.05, 0) is 30.7 Å². The zero-order valence-electron chi connectivity index (χ0n) is 10.2. The first kappa shape index (κ1) is 13.5. The van der Waals surface area contributed by atoms with Crippen LogP contribution in [-0.2, 0) is 0 Å². The average molecular weight is 242 g/mol. The number of halogens is 1. The first-order chi connectivity index (χ1) is 7.49. The van der Waals surface area contributed by atoms with Crippen molar-refractivity contribution in [1.29, 1.82) is 0 Å². The molecule has 0 bridgehead atoms. The molecular weight excluding hydrogens is 222 g/mol. The van der Waals surface area contributed by atoms with E-state index in [9.17, 15) is 5.11 Å². The normalized spacial score (nSPS) is 13.4. The Balaban J connectivity index is 2.51. The van der Waals surface area contributed by atoms with Gasteiger partial charge in [0.2, 0.25) is 0 Å². The second kappa shape index (κ2) is 6.24. The van der Waals surface area contributed by atoms with E-state index in [1.54, 1.807) is 0 Å². The van der Waals surface area contributed by atoms with E-state index < -0.39 is 6.10 Å². The Labute approximate surface area is 103 Å². The van der Waals surface area contributed by atoms with E-state index in [2.05, 4.69) is 18.7 Å². The minimum atomic E-state index is -0.444. The van der Waals surface area contributed by atoms with Crippen molar-refractivity contribution < 1.29 is 5.11 Å². The molecule has 90 valence electrons. The summed E-state index contributed by atoms with van der Waals surface area (Å²) in [5, 5.41) is 10.7. The molecule has 1 aromatic rings. The highest BCUT2D eigenvalue weighted by atomic mass is 35.5. The summed E-state index contributed by atoms with van der Waals surface area (Å²) in [7, 11) is 2.03. The summed E-state index contributed by atoms with van der Waals surface area (Å²) in [6.07, 6.45) is -0.444. The van der Waals surface area contributed by atoms with Gasteiger partial charge in [-0.3, -0.25) is 0 Å². The molecule has 2 nitrogen and oxygen atoms in total. The highest BCUT2D eigenvalue weighted by Gasteiger charge is 2.11. The van der Waals surface area contributed by atoms with Gasteiger partial charge in [-0.15, -0.1) is 0 Å². The van der Waals surface area contributed by atoms with E-state index in [-0.39, 0.29) is 0 Å². The van der Waals surface area contributed by atoms with Gasteiger partial charge in [0.25, 0.3) is 0 Å². The van der Waals surface area contributed by atoms with Gasteiger partial charge >= 0.3 is 0 Å². The Morgan fingerprint density at radius 1 is 1.19 bits per heavy atom. The van der Waals surface area contributed by atoms with Crippen LogP contribution in [0.4, 0.5) is 0 Å². The second-order valence-electron chi connectivity index (χ2n) is 4.68. The quantitative estimate of drug-likeness (QED) is 0.857. The molecule has 0 aromatic heterocycles. The maximum atomic E-state index is 10.0. The van der Waals surface area contributed by atoms with E-state index in [0.717, 1.165) is 12.1 Å². The third kappa shape index (κ3) is 4.52. The molecule has 1 atom stereocenters. The fraction of sp³-hybridized carbons (Fsp3) is 0.538. The number of benzene rings is 1. The van der Waals surface area contributed by atoms with Gasteiger partial charge < -0.3 is 10.0 Å². The fourth-order valence-corrected chi connectivity index (χ4v) is 1.91. The molecule has 1 rings (SSSR count). The predicted molar refractivity (Wildman–Crippen MR) is 68.7 cm³/mol. The zero-order chi connectivity index (χ0) is 12.1. The van der Waals surface area contributed by atoms with Crippen LogP contribution in [0.15, 0.2) is 24.3 Å². The average Bonchev–Trinajstić information content (AvgIpc) is 2.16. The molecule has 0 aliphatic heterocycles. The molecule has 0 saturated heterocycles. The number of hydrogen-bond donors (Lipinski definition) is 1. The van der Waals surface area contributed by atoms with Crippen molar-refractivity contribution in [3.8, 4) is 0 Å². The van der Waals surface area contributed by atoms with Crippen LogP contribution in [0.5, 0.6) is 0 Å². The molecule has 3 heteroatoms. The molecule has 0 amide bonds. The zero-order valence-corrected chi connectivity index (χ0v) is 10.9. The fourth-order valence-electron chi connectivity index (χ4n) is 1.78. The van der Waals surface area contributed by atoms with Crippen LogP contribution in [0.25, 0.3) is 0 Å². The minimum Gasteiger partial charge on any atom is -0.387 e. The molecule has 0 spiro atoms. The highest BCUT2D eigenvalue weighted by Crippen LogP contribution is 2.17. The Morgan fingerprint density at radius 3 is 2.25 bits per heavy atom. The van der Waals surface area contributed by atoms with E-state index in [1.165, 1.54) is 0 Å². The van der Waals surface area contributed by atoms with Gasteiger partial charge in [-0.1, -0.05) is 37.6 Å². The van der Waals surface area contributed by atoms with Crippen molar-refractivity contribution in [3.05, 3.63) is 34.9 Å². The maximum absolute atomic E-state index is 10.0. The van der Waals surface area contributed by atoms with Crippen LogP contribution < -0.4 is 0 Å². The largest absolute Gasteiger partial charge is 0.387 e. The molecule has 0 aliphatic carbocycles. The maximum Gasteiger partial charge on any atom is 0.0916 e. The number of rotatable bonds is 5. The summed E-state index contributed by atoms with van der Waals surface area (Å²) in [5.41, 5.74) is 0.917. The summed E-state index contributed by atoms with van der Waals surface area (Å²) in [6.45, 7) is 5.99. The van der Waals surface area contributed by atoms with Crippen LogP contribution >= 0.6 is 11.6 Å². The lowest BCUT2D eigenvalue weighted by Crippen LogP contribution is -2.28. The van der Waals surface area contributed by atoms with Gasteiger partial charge in [0.05, 0.1) is 6.10 Å². The van der Waals surface area contributed by atoms with Crippen molar-refractivity contribution in [2.24, 2.45) is 5.92 Å².